The quantitative estimate of drug-likeness (QED) is 0.497. The molecule has 0 amide bonds. The van der Waals surface area contributed by atoms with Crippen LogP contribution in [0.15, 0.2) is 81.7 Å². The minimum Gasteiger partial charge on any atom is -0.508 e. The predicted octanol–water partition coefficient (Wildman–Crippen LogP) is 3.86. The van der Waals surface area contributed by atoms with Gasteiger partial charge in [-0.2, -0.15) is 0 Å². The largest absolute Gasteiger partial charge is 0.508 e. The van der Waals surface area contributed by atoms with E-state index >= 15 is 0 Å². The Bertz CT molecular complexity index is 809. The molecule has 0 spiro atoms. The molecule has 0 saturated carbocycles. The normalized spacial score (nSPS) is 9.85. The molecule has 3 aromatic rings. The van der Waals surface area contributed by atoms with E-state index < -0.39 is 7.12 Å². The van der Waals surface area contributed by atoms with Crippen LogP contribution in [0.3, 0.4) is 0 Å². The Balaban J connectivity index is 0.000000254. The van der Waals surface area contributed by atoms with Gasteiger partial charge in [-0.25, -0.2) is 0 Å². The Kier molecular flexibility index (Phi) is 8.19. The fourth-order valence-corrected chi connectivity index (χ4v) is 2.75. The lowest BCUT2D eigenvalue weighted by Crippen LogP contribution is -2.29. The molecule has 0 unspecified atom stereocenters. The minimum atomic E-state index is -1.43. The van der Waals surface area contributed by atoms with Gasteiger partial charge in [0.15, 0.2) is 0 Å². The van der Waals surface area contributed by atoms with Gasteiger partial charge in [0.25, 0.3) is 0 Å². The number of rotatable bonds is 4. The van der Waals surface area contributed by atoms with E-state index in [1.807, 2.05) is 42.5 Å². The van der Waals surface area contributed by atoms with Gasteiger partial charge in [-0.3, -0.25) is 0 Å². The molecule has 0 aliphatic rings. The Hall–Kier alpha value is -1.80. The van der Waals surface area contributed by atoms with E-state index in [0.29, 0.717) is 17.8 Å². The lowest BCUT2D eigenvalue weighted by atomic mass is 9.80. The number of hydrogen-bond donors (Lipinski definition) is 3. The molecule has 7 heteroatoms. The van der Waals surface area contributed by atoms with Crippen LogP contribution in [-0.2, 0) is 6.61 Å². The zero-order valence-electron chi connectivity index (χ0n) is 13.7. The van der Waals surface area contributed by atoms with Crippen molar-refractivity contribution in [3.8, 4) is 11.5 Å². The molecule has 0 radical (unpaired) electrons. The second-order valence-electron chi connectivity index (χ2n) is 5.34. The van der Waals surface area contributed by atoms with E-state index in [1.54, 1.807) is 30.3 Å². The van der Waals surface area contributed by atoms with E-state index in [2.05, 4.69) is 31.9 Å². The fraction of sp³-hybridized carbons (Fsp3) is 0.0526. The van der Waals surface area contributed by atoms with E-state index in [9.17, 15) is 0 Å². The van der Waals surface area contributed by atoms with Crippen LogP contribution in [0.4, 0.5) is 0 Å². The Morgan fingerprint density at radius 3 is 1.92 bits per heavy atom. The maximum Gasteiger partial charge on any atom is 0.488 e. The van der Waals surface area contributed by atoms with Gasteiger partial charge >= 0.3 is 7.12 Å². The van der Waals surface area contributed by atoms with Crippen molar-refractivity contribution in [3.63, 3.8) is 0 Å². The van der Waals surface area contributed by atoms with Crippen LogP contribution in [0.2, 0.25) is 0 Å². The summed E-state index contributed by atoms with van der Waals surface area (Å²) in [5.74, 6) is 1.08. The van der Waals surface area contributed by atoms with Crippen LogP contribution < -0.4 is 10.2 Å². The predicted molar refractivity (Wildman–Crippen MR) is 111 cm³/mol. The second-order valence-corrected chi connectivity index (χ2v) is 7.17. The third kappa shape index (κ3) is 7.21. The van der Waals surface area contributed by atoms with E-state index in [4.69, 9.17) is 19.9 Å². The number of ether oxygens (including phenoxy) is 1. The third-order valence-electron chi connectivity index (χ3n) is 3.29. The zero-order valence-corrected chi connectivity index (χ0v) is 16.9. The topological polar surface area (TPSA) is 69.9 Å². The Morgan fingerprint density at radius 2 is 1.42 bits per heavy atom. The van der Waals surface area contributed by atoms with Crippen molar-refractivity contribution in [1.29, 1.82) is 0 Å². The molecule has 3 rings (SSSR count). The smallest absolute Gasteiger partial charge is 0.488 e. The lowest BCUT2D eigenvalue weighted by molar-refractivity contribution is 0.306. The fourth-order valence-electron chi connectivity index (χ4n) is 1.99. The van der Waals surface area contributed by atoms with Gasteiger partial charge in [-0.15, -0.1) is 0 Å². The summed E-state index contributed by atoms with van der Waals surface area (Å²) >= 11 is 6.58. The highest BCUT2D eigenvalue weighted by Crippen LogP contribution is 2.18. The monoisotopic (exact) mass is 478 g/mol. The van der Waals surface area contributed by atoms with E-state index in [0.717, 1.165) is 20.3 Å². The third-order valence-corrected chi connectivity index (χ3v) is 4.27. The first-order valence-electron chi connectivity index (χ1n) is 7.72. The molecule has 3 N–H and O–H groups in total. The van der Waals surface area contributed by atoms with Crippen molar-refractivity contribution >= 4 is 44.4 Å². The van der Waals surface area contributed by atoms with E-state index in [1.165, 1.54) is 0 Å². The van der Waals surface area contributed by atoms with Crippen LogP contribution in [0.5, 0.6) is 11.5 Å². The van der Waals surface area contributed by atoms with Crippen molar-refractivity contribution in [3.05, 3.63) is 87.3 Å². The number of halogens is 2. The SMILES string of the molecule is OB(O)c1ccc(COc2cccc(Br)c2)cc1.Oc1cccc(Br)c1. The van der Waals surface area contributed by atoms with Crippen molar-refractivity contribution in [2.24, 2.45) is 0 Å². The average molecular weight is 480 g/mol. The van der Waals surface area contributed by atoms with Crippen LogP contribution in [0.1, 0.15) is 5.56 Å². The summed E-state index contributed by atoms with van der Waals surface area (Å²) in [5.41, 5.74) is 1.44. The molecule has 0 aliphatic carbocycles. The molecule has 0 aromatic heterocycles. The number of aromatic hydroxyl groups is 1. The number of benzene rings is 3. The van der Waals surface area contributed by atoms with Gasteiger partial charge in [-0.05, 0) is 47.4 Å². The summed E-state index contributed by atoms with van der Waals surface area (Å²) < 4.78 is 7.49. The van der Waals surface area contributed by atoms with E-state index in [-0.39, 0.29) is 0 Å². The van der Waals surface area contributed by atoms with Crippen LogP contribution in [0, 0.1) is 0 Å². The molecular formula is C19H17BBr2O4. The first-order valence-corrected chi connectivity index (χ1v) is 9.30. The van der Waals surface area contributed by atoms with Crippen LogP contribution in [0.25, 0.3) is 0 Å². The van der Waals surface area contributed by atoms with Gasteiger partial charge in [-0.1, -0.05) is 68.3 Å². The number of hydrogen-bond acceptors (Lipinski definition) is 4. The molecule has 0 fully saturated rings. The summed E-state index contributed by atoms with van der Waals surface area (Å²) in [6.45, 7) is 0.443. The van der Waals surface area contributed by atoms with Crippen LogP contribution in [-0.4, -0.2) is 22.3 Å². The van der Waals surface area contributed by atoms with Crippen molar-refractivity contribution in [2.75, 3.05) is 0 Å². The molecule has 134 valence electrons. The molecule has 26 heavy (non-hydrogen) atoms. The van der Waals surface area contributed by atoms with Gasteiger partial charge < -0.3 is 19.9 Å². The summed E-state index contributed by atoms with van der Waals surface area (Å²) in [5, 5.41) is 26.7. The highest BCUT2D eigenvalue weighted by atomic mass is 79.9. The first kappa shape index (κ1) is 20.5. The average Bonchev–Trinajstić information content (AvgIpc) is 2.61. The first-order chi connectivity index (χ1) is 12.4. The maximum absolute atomic E-state index is 8.97. The maximum atomic E-state index is 8.97. The summed E-state index contributed by atoms with van der Waals surface area (Å²) in [7, 11) is -1.43. The van der Waals surface area contributed by atoms with Crippen molar-refractivity contribution in [1.82, 2.24) is 0 Å². The molecule has 3 aromatic carbocycles. The Labute approximate surface area is 169 Å². The molecular weight excluding hydrogens is 463 g/mol. The molecule has 0 bridgehead atoms. The molecule has 0 heterocycles. The summed E-state index contributed by atoms with van der Waals surface area (Å²) in [6, 6.07) is 21.5. The van der Waals surface area contributed by atoms with Crippen molar-refractivity contribution < 1.29 is 19.9 Å². The van der Waals surface area contributed by atoms with Gasteiger partial charge in [0.05, 0.1) is 0 Å². The minimum absolute atomic E-state index is 0.291. The standard InChI is InChI=1S/C13H12BBrO3.C6H5BrO/c15-12-2-1-3-13(8-12)18-9-10-4-6-11(7-5-10)14(16)17;7-5-2-1-3-6(8)4-5/h1-8,16-17H,9H2;1-4,8H. The van der Waals surface area contributed by atoms with Gasteiger partial charge in [0.1, 0.15) is 18.1 Å². The van der Waals surface area contributed by atoms with Gasteiger partial charge in [0.2, 0.25) is 0 Å². The molecule has 0 aliphatic heterocycles. The number of phenols is 1. The summed E-state index contributed by atoms with van der Waals surface area (Å²) in [6.07, 6.45) is 0. The highest BCUT2D eigenvalue weighted by molar-refractivity contribution is 9.10. The molecule has 0 saturated heterocycles. The van der Waals surface area contributed by atoms with Crippen LogP contribution >= 0.6 is 31.9 Å². The summed E-state index contributed by atoms with van der Waals surface area (Å²) in [4.78, 5) is 0. The highest BCUT2D eigenvalue weighted by Gasteiger charge is 2.09. The second kappa shape index (κ2) is 10.4. The Morgan fingerprint density at radius 1 is 0.808 bits per heavy atom. The molecule has 4 nitrogen and oxygen atoms in total. The zero-order chi connectivity index (χ0) is 18.9. The van der Waals surface area contributed by atoms with Crippen molar-refractivity contribution in [2.45, 2.75) is 6.61 Å². The van der Waals surface area contributed by atoms with Gasteiger partial charge in [0, 0.05) is 8.95 Å². The lowest BCUT2D eigenvalue weighted by Gasteiger charge is -2.07. The number of phenolic OH excluding ortho intramolecular Hbond substituents is 1. The molecule has 0 atom stereocenters.